The van der Waals surface area contributed by atoms with E-state index in [4.69, 9.17) is 13.0 Å². The fourth-order valence-electron chi connectivity index (χ4n) is 1.93. The van der Waals surface area contributed by atoms with E-state index in [-0.39, 0.29) is 0 Å². The summed E-state index contributed by atoms with van der Waals surface area (Å²) >= 11 is 4.85. The first-order chi connectivity index (χ1) is 8.95. The Morgan fingerprint density at radius 3 is 1.37 bits per heavy atom. The van der Waals surface area contributed by atoms with Gasteiger partial charge in [-0.15, -0.1) is 0 Å². The Balaban J connectivity index is 4.42. The van der Waals surface area contributed by atoms with Crippen molar-refractivity contribution in [2.75, 3.05) is 23.1 Å². The number of rotatable bonds is 12. The summed E-state index contributed by atoms with van der Waals surface area (Å²) in [7, 11) is -0.497. The summed E-state index contributed by atoms with van der Waals surface area (Å²) in [5.74, 6) is 0. The molecule has 0 aromatic carbocycles. The Bertz CT molecular complexity index is 215. The molecular weight excluding hydrogens is 502 g/mol. The van der Waals surface area contributed by atoms with E-state index in [0.717, 1.165) is 12.1 Å². The highest BCUT2D eigenvalue weighted by atomic mass is 127. The van der Waals surface area contributed by atoms with Crippen LogP contribution in [-0.2, 0) is 13.0 Å². The normalized spacial score (nSPS) is 18.0. The maximum absolute atomic E-state index is 6.45. The zero-order valence-corrected chi connectivity index (χ0v) is 19.0. The second-order valence-electron chi connectivity index (χ2n) is 5.07. The van der Waals surface area contributed by atoms with E-state index in [1.807, 2.05) is 0 Å². The van der Waals surface area contributed by atoms with Crippen LogP contribution in [0.2, 0.25) is 25.2 Å². The summed E-state index contributed by atoms with van der Waals surface area (Å²) in [5.41, 5.74) is 0. The minimum Gasteiger partial charge on any atom is -0.415 e. The van der Waals surface area contributed by atoms with Crippen molar-refractivity contribution in [1.29, 1.82) is 0 Å². The Hall–Kier alpha value is 1.77. The third kappa shape index (κ3) is 9.40. The van der Waals surface area contributed by atoms with Crippen LogP contribution in [0, 0.1) is 0 Å². The van der Waals surface area contributed by atoms with E-state index in [9.17, 15) is 0 Å². The molecule has 0 N–H and O–H groups in total. The van der Waals surface area contributed by atoms with Crippen molar-refractivity contribution < 1.29 is 13.0 Å². The molecule has 0 bridgehead atoms. The second-order valence-corrected chi connectivity index (χ2v) is 14.4. The number of unbranched alkanes of at least 4 members (excludes halogenated alkanes) is 2. The van der Waals surface area contributed by atoms with Crippen molar-refractivity contribution in [2.45, 2.75) is 50.9 Å². The Morgan fingerprint density at radius 2 is 1.11 bits per heavy atom. The van der Waals surface area contributed by atoms with Crippen LogP contribution < -0.4 is 0 Å². The van der Waals surface area contributed by atoms with Gasteiger partial charge in [-0.25, -0.2) is 0 Å². The minimum absolute atomic E-state index is 1.07. The van der Waals surface area contributed by atoms with Crippen molar-refractivity contribution in [2.24, 2.45) is 0 Å². The molecule has 3 nitrogen and oxygen atoms in total. The van der Waals surface area contributed by atoms with Gasteiger partial charge in [0.15, 0.2) is 0 Å². The van der Waals surface area contributed by atoms with Gasteiger partial charge in [-0.05, 0) is 46.9 Å². The number of hydrogen-bond donors (Lipinski definition) is 0. The fourth-order valence-corrected chi connectivity index (χ4v) is 10.3. The number of halogens is 2. The van der Waals surface area contributed by atoms with E-state index >= 15 is 0 Å². The van der Waals surface area contributed by atoms with Crippen LogP contribution in [-0.4, -0.2) is 40.2 Å². The quantitative estimate of drug-likeness (QED) is 0.156. The molecule has 0 heterocycles. The maximum atomic E-state index is 6.45. The van der Waals surface area contributed by atoms with E-state index in [1.165, 1.54) is 34.5 Å². The zero-order chi connectivity index (χ0) is 14.8. The third-order valence-electron chi connectivity index (χ3n) is 3.32. The van der Waals surface area contributed by atoms with E-state index < -0.39 is 17.1 Å². The van der Waals surface area contributed by atoms with Gasteiger partial charge >= 0.3 is 17.1 Å². The van der Waals surface area contributed by atoms with Crippen molar-refractivity contribution in [3.05, 3.63) is 0 Å². The van der Waals surface area contributed by atoms with Gasteiger partial charge in [0.1, 0.15) is 0 Å². The highest BCUT2D eigenvalue weighted by Gasteiger charge is 2.41. The van der Waals surface area contributed by atoms with Crippen molar-refractivity contribution >= 4 is 62.3 Å². The average molecular weight is 530 g/mol. The van der Waals surface area contributed by atoms with Gasteiger partial charge in [0, 0.05) is 14.2 Å². The van der Waals surface area contributed by atoms with E-state index in [0.29, 0.717) is 0 Å². The van der Waals surface area contributed by atoms with Gasteiger partial charge in [0.2, 0.25) is 0 Å². The summed E-state index contributed by atoms with van der Waals surface area (Å²) in [6, 6.07) is 2.15. The molecule has 0 aliphatic heterocycles. The van der Waals surface area contributed by atoms with E-state index in [1.54, 1.807) is 14.2 Å². The Labute approximate surface area is 148 Å². The summed E-state index contributed by atoms with van der Waals surface area (Å²) in [6.45, 7) is 4.37. The molecule has 2 atom stereocenters. The first-order valence-electron chi connectivity index (χ1n) is 6.87. The standard InChI is InChI=1S/C12H28I2O3Si2/c1-15-18(3,11-7-5-9-13)17-19(4,16-2)12-8-6-10-14/h5-12H2,1-4H3. The molecule has 0 amide bonds. The molecule has 0 aromatic rings. The van der Waals surface area contributed by atoms with Crippen molar-refractivity contribution in [1.82, 2.24) is 0 Å². The summed E-state index contributed by atoms with van der Waals surface area (Å²) < 4.78 is 20.4. The molecule has 0 aromatic heterocycles. The van der Waals surface area contributed by atoms with Crippen LogP contribution in [0.3, 0.4) is 0 Å². The smallest absolute Gasteiger partial charge is 0.325 e. The van der Waals surface area contributed by atoms with Crippen LogP contribution in [0.25, 0.3) is 0 Å². The van der Waals surface area contributed by atoms with Gasteiger partial charge in [-0.2, -0.15) is 0 Å². The van der Waals surface area contributed by atoms with Crippen molar-refractivity contribution in [3.8, 4) is 0 Å². The molecule has 0 radical (unpaired) electrons. The SMILES string of the molecule is CO[Si](C)(CCCCI)O[Si](C)(CCCCI)OC. The molecule has 2 unspecified atom stereocenters. The van der Waals surface area contributed by atoms with Crippen LogP contribution in [0.1, 0.15) is 25.7 Å². The molecule has 0 fully saturated rings. The molecule has 116 valence electrons. The van der Waals surface area contributed by atoms with Gasteiger partial charge in [0.25, 0.3) is 0 Å². The van der Waals surface area contributed by atoms with Gasteiger partial charge in [0.05, 0.1) is 0 Å². The summed E-state index contributed by atoms with van der Waals surface area (Å²) in [5, 5.41) is 0. The topological polar surface area (TPSA) is 27.7 Å². The minimum atomic E-state index is -2.05. The summed E-state index contributed by atoms with van der Waals surface area (Å²) in [6.07, 6.45) is 4.88. The largest absolute Gasteiger partial charge is 0.415 e. The lowest BCUT2D eigenvalue weighted by Gasteiger charge is -2.35. The molecule has 0 aliphatic rings. The van der Waals surface area contributed by atoms with Crippen LogP contribution in [0.15, 0.2) is 0 Å². The first-order valence-corrected chi connectivity index (χ1v) is 15.0. The maximum Gasteiger partial charge on any atom is 0.325 e. The lowest BCUT2D eigenvalue weighted by molar-refractivity contribution is 0.238. The predicted octanol–water partition coefficient (Wildman–Crippen LogP) is 4.87. The highest BCUT2D eigenvalue weighted by Crippen LogP contribution is 2.26. The van der Waals surface area contributed by atoms with Crippen LogP contribution >= 0.6 is 45.2 Å². The van der Waals surface area contributed by atoms with E-state index in [2.05, 4.69) is 58.3 Å². The second kappa shape index (κ2) is 11.4. The number of alkyl halides is 2. The molecule has 0 saturated carbocycles. The molecule has 19 heavy (non-hydrogen) atoms. The molecule has 0 rings (SSSR count). The van der Waals surface area contributed by atoms with Gasteiger partial charge in [-0.1, -0.05) is 58.0 Å². The molecular formula is C12H28I2O3Si2. The van der Waals surface area contributed by atoms with Crippen molar-refractivity contribution in [3.63, 3.8) is 0 Å². The predicted molar refractivity (Wildman–Crippen MR) is 104 cm³/mol. The average Bonchev–Trinajstić information content (AvgIpc) is 2.39. The Morgan fingerprint density at radius 1 is 0.737 bits per heavy atom. The van der Waals surface area contributed by atoms with Crippen LogP contribution in [0.4, 0.5) is 0 Å². The third-order valence-corrected chi connectivity index (χ3v) is 12.6. The monoisotopic (exact) mass is 530 g/mol. The van der Waals surface area contributed by atoms with Crippen LogP contribution in [0.5, 0.6) is 0 Å². The molecule has 0 spiro atoms. The zero-order valence-electron chi connectivity index (χ0n) is 12.6. The van der Waals surface area contributed by atoms with Gasteiger partial charge < -0.3 is 13.0 Å². The molecule has 0 aliphatic carbocycles. The Kier molecular flexibility index (Phi) is 12.4. The number of hydrogen-bond acceptors (Lipinski definition) is 3. The van der Waals surface area contributed by atoms with Gasteiger partial charge in [-0.3, -0.25) is 0 Å². The lowest BCUT2D eigenvalue weighted by atomic mass is 10.4. The first kappa shape index (κ1) is 20.8. The molecule has 0 saturated heterocycles. The lowest BCUT2D eigenvalue weighted by Crippen LogP contribution is -2.51. The highest BCUT2D eigenvalue weighted by molar-refractivity contribution is 14.1. The fraction of sp³-hybridized carbons (Fsp3) is 1.00. The summed E-state index contributed by atoms with van der Waals surface area (Å²) in [4.78, 5) is 0. The molecule has 7 heteroatoms.